The van der Waals surface area contributed by atoms with Crippen LogP contribution in [0.2, 0.25) is 0 Å². The Bertz CT molecular complexity index is 1330. The highest BCUT2D eigenvalue weighted by atomic mass is 16.6. The van der Waals surface area contributed by atoms with E-state index >= 15 is 0 Å². The molecule has 0 heterocycles. The largest absolute Gasteiger partial charge is 0.462 e. The Kier molecular flexibility index (Phi) is 60.2. The number of hydrogen-bond acceptors (Lipinski definition) is 6. The fourth-order valence-corrected chi connectivity index (χ4v) is 9.36. The molecule has 0 bridgehead atoms. The molecule has 0 saturated heterocycles. The summed E-state index contributed by atoms with van der Waals surface area (Å²) in [5.74, 6) is -0.877. The Morgan fingerprint density at radius 2 is 0.486 bits per heavy atom. The second kappa shape index (κ2) is 62.6. The standard InChI is InChI=1S/C68H122O6/c1-4-7-10-13-16-18-20-22-24-26-27-28-29-30-31-32-33-34-35-36-37-38-39-40-41-43-44-46-48-50-52-55-58-61-67(70)73-64-65(63-72-66(69)60-57-54-15-12-9-6-3)74-68(71)62-59-56-53-51-49-47-45-42-25-23-21-19-17-14-11-8-5-2/h17,19-20,22-23,25-27,29-30,65H,4-16,18,21,24,28,31-64H2,1-3H3/b19-17-,22-20-,25-23-,27-26-,30-29-. The van der Waals surface area contributed by atoms with Gasteiger partial charge >= 0.3 is 17.9 Å². The van der Waals surface area contributed by atoms with E-state index in [2.05, 4.69) is 81.5 Å². The lowest BCUT2D eigenvalue weighted by Gasteiger charge is -2.18. The SMILES string of the molecule is CCCCC/C=C\C/C=C\CCCCCCCCCC(=O)OC(COC(=O)CCCCCCCC)COC(=O)CCCCCCCCCCCCCCCCCCCC/C=C\C/C=C\C/C=C\CCCCCCC. The highest BCUT2D eigenvalue weighted by Crippen LogP contribution is 2.17. The van der Waals surface area contributed by atoms with E-state index in [0.717, 1.165) is 83.5 Å². The van der Waals surface area contributed by atoms with Crippen LogP contribution in [0, 0.1) is 0 Å². The number of carbonyl (C=O) groups is 3. The lowest BCUT2D eigenvalue weighted by molar-refractivity contribution is -0.167. The molecule has 0 radical (unpaired) electrons. The summed E-state index contributed by atoms with van der Waals surface area (Å²) in [5.41, 5.74) is 0. The van der Waals surface area contributed by atoms with E-state index in [1.807, 2.05) is 0 Å². The Balaban J connectivity index is 3.97. The number of unbranched alkanes of at least 4 members (excludes halogenated alkanes) is 38. The molecule has 0 aliphatic rings. The van der Waals surface area contributed by atoms with Crippen molar-refractivity contribution in [3.63, 3.8) is 0 Å². The van der Waals surface area contributed by atoms with Gasteiger partial charge in [0.25, 0.3) is 0 Å². The van der Waals surface area contributed by atoms with Crippen molar-refractivity contribution in [2.24, 2.45) is 0 Å². The van der Waals surface area contributed by atoms with Gasteiger partial charge in [-0.3, -0.25) is 14.4 Å². The van der Waals surface area contributed by atoms with Gasteiger partial charge in [0, 0.05) is 19.3 Å². The maximum absolute atomic E-state index is 12.8. The smallest absolute Gasteiger partial charge is 0.306 e. The first-order valence-corrected chi connectivity index (χ1v) is 32.3. The van der Waals surface area contributed by atoms with Gasteiger partial charge in [0.05, 0.1) is 0 Å². The summed E-state index contributed by atoms with van der Waals surface area (Å²) in [4.78, 5) is 37.9. The third-order valence-electron chi connectivity index (χ3n) is 14.2. The zero-order valence-corrected chi connectivity index (χ0v) is 49.4. The van der Waals surface area contributed by atoms with Crippen LogP contribution in [0.5, 0.6) is 0 Å². The third-order valence-corrected chi connectivity index (χ3v) is 14.2. The topological polar surface area (TPSA) is 78.9 Å². The number of carbonyl (C=O) groups excluding carboxylic acids is 3. The average molecular weight is 1040 g/mol. The molecule has 6 heteroatoms. The molecule has 0 aliphatic carbocycles. The van der Waals surface area contributed by atoms with E-state index in [4.69, 9.17) is 14.2 Å². The quantitative estimate of drug-likeness (QED) is 0.0261. The molecule has 0 spiro atoms. The number of rotatable bonds is 59. The van der Waals surface area contributed by atoms with Gasteiger partial charge in [0.15, 0.2) is 6.10 Å². The molecule has 0 aliphatic heterocycles. The van der Waals surface area contributed by atoms with E-state index in [1.165, 1.54) is 212 Å². The zero-order chi connectivity index (χ0) is 53.6. The fraction of sp³-hybridized carbons (Fsp3) is 0.809. The summed E-state index contributed by atoms with van der Waals surface area (Å²) in [7, 11) is 0. The predicted octanol–water partition coefficient (Wildman–Crippen LogP) is 21.9. The van der Waals surface area contributed by atoms with Gasteiger partial charge in [-0.2, -0.15) is 0 Å². The van der Waals surface area contributed by atoms with Gasteiger partial charge in [-0.1, -0.05) is 287 Å². The number of ether oxygens (including phenoxy) is 3. The Morgan fingerprint density at radius 3 is 0.784 bits per heavy atom. The van der Waals surface area contributed by atoms with Gasteiger partial charge in [-0.05, 0) is 89.9 Å². The normalized spacial score (nSPS) is 12.4. The lowest BCUT2D eigenvalue weighted by Crippen LogP contribution is -2.30. The Morgan fingerprint density at radius 1 is 0.270 bits per heavy atom. The highest BCUT2D eigenvalue weighted by Gasteiger charge is 2.19. The van der Waals surface area contributed by atoms with Crippen LogP contribution >= 0.6 is 0 Å². The molecule has 0 fully saturated rings. The molecule has 0 rings (SSSR count). The van der Waals surface area contributed by atoms with Crippen LogP contribution in [0.25, 0.3) is 0 Å². The summed E-state index contributed by atoms with van der Waals surface area (Å²) in [6.45, 7) is 6.57. The van der Waals surface area contributed by atoms with Gasteiger partial charge in [0.2, 0.25) is 0 Å². The maximum atomic E-state index is 12.8. The van der Waals surface area contributed by atoms with Crippen molar-refractivity contribution in [1.82, 2.24) is 0 Å². The molecular weight excluding hydrogens is 913 g/mol. The van der Waals surface area contributed by atoms with Crippen molar-refractivity contribution < 1.29 is 28.6 Å². The Labute approximate surface area is 460 Å². The minimum Gasteiger partial charge on any atom is -0.462 e. The second-order valence-corrected chi connectivity index (χ2v) is 21.7. The van der Waals surface area contributed by atoms with E-state index in [0.29, 0.717) is 19.3 Å². The van der Waals surface area contributed by atoms with Crippen LogP contribution in [0.3, 0.4) is 0 Å². The van der Waals surface area contributed by atoms with Crippen LogP contribution in [-0.4, -0.2) is 37.2 Å². The zero-order valence-electron chi connectivity index (χ0n) is 49.4. The molecule has 430 valence electrons. The maximum Gasteiger partial charge on any atom is 0.306 e. The van der Waals surface area contributed by atoms with Gasteiger partial charge in [-0.15, -0.1) is 0 Å². The van der Waals surface area contributed by atoms with E-state index in [-0.39, 0.29) is 31.1 Å². The van der Waals surface area contributed by atoms with E-state index in [1.54, 1.807) is 0 Å². The highest BCUT2D eigenvalue weighted by molar-refractivity contribution is 5.71. The first-order valence-electron chi connectivity index (χ1n) is 32.3. The summed E-state index contributed by atoms with van der Waals surface area (Å²) < 4.78 is 16.8. The number of esters is 3. The third kappa shape index (κ3) is 60.0. The average Bonchev–Trinajstić information content (AvgIpc) is 3.40. The molecule has 0 aromatic rings. The Hall–Kier alpha value is -2.89. The van der Waals surface area contributed by atoms with Crippen LogP contribution in [-0.2, 0) is 28.6 Å². The van der Waals surface area contributed by atoms with Crippen molar-refractivity contribution in [2.75, 3.05) is 13.2 Å². The van der Waals surface area contributed by atoms with Crippen LogP contribution in [0.1, 0.15) is 335 Å². The molecule has 1 atom stereocenters. The molecule has 1 unspecified atom stereocenters. The first kappa shape index (κ1) is 71.1. The van der Waals surface area contributed by atoms with Crippen LogP contribution in [0.15, 0.2) is 60.8 Å². The molecule has 0 saturated carbocycles. The minimum absolute atomic E-state index is 0.0740. The molecule has 0 aromatic heterocycles. The van der Waals surface area contributed by atoms with E-state index in [9.17, 15) is 14.4 Å². The van der Waals surface area contributed by atoms with Crippen molar-refractivity contribution in [3.8, 4) is 0 Å². The number of hydrogen-bond donors (Lipinski definition) is 0. The summed E-state index contributed by atoms with van der Waals surface area (Å²) in [6, 6.07) is 0. The van der Waals surface area contributed by atoms with E-state index < -0.39 is 6.10 Å². The number of allylic oxidation sites excluding steroid dienone is 10. The minimum atomic E-state index is -0.773. The predicted molar refractivity (Wildman–Crippen MR) is 321 cm³/mol. The van der Waals surface area contributed by atoms with Crippen molar-refractivity contribution in [3.05, 3.63) is 60.8 Å². The monoisotopic (exact) mass is 1030 g/mol. The molecule has 74 heavy (non-hydrogen) atoms. The van der Waals surface area contributed by atoms with Gasteiger partial charge in [0.1, 0.15) is 13.2 Å². The van der Waals surface area contributed by atoms with Crippen molar-refractivity contribution >= 4 is 17.9 Å². The molecule has 0 N–H and O–H groups in total. The second-order valence-electron chi connectivity index (χ2n) is 21.7. The summed E-state index contributed by atoms with van der Waals surface area (Å²) in [6.07, 6.45) is 79.9. The first-order chi connectivity index (χ1) is 36.5. The van der Waals surface area contributed by atoms with Gasteiger partial charge < -0.3 is 14.2 Å². The van der Waals surface area contributed by atoms with Gasteiger partial charge in [-0.25, -0.2) is 0 Å². The fourth-order valence-electron chi connectivity index (χ4n) is 9.36. The van der Waals surface area contributed by atoms with Crippen LogP contribution in [0.4, 0.5) is 0 Å². The molecule has 6 nitrogen and oxygen atoms in total. The van der Waals surface area contributed by atoms with Crippen molar-refractivity contribution in [1.29, 1.82) is 0 Å². The summed E-state index contributed by atoms with van der Waals surface area (Å²) >= 11 is 0. The molecule has 0 aromatic carbocycles. The van der Waals surface area contributed by atoms with Crippen LogP contribution < -0.4 is 0 Å². The van der Waals surface area contributed by atoms with Crippen molar-refractivity contribution in [2.45, 2.75) is 341 Å². The summed E-state index contributed by atoms with van der Waals surface area (Å²) in [5, 5.41) is 0. The molecule has 0 amide bonds. The lowest BCUT2D eigenvalue weighted by atomic mass is 10.0. The molecular formula is C68H122O6.